The molecule has 0 aromatic heterocycles. The standard InChI is InChI=1S/C52H98NO15P/c1-3-5-7-9-11-13-15-17-19-21-23-25-27-29-31-33-50(57)65-45-47(68-52(59)34-32-30-28-26-24-22-20-18-16-14-12-10-8-6-4-2)46-67-69(60,61)66-42-38-53-48(54)35-41-64-51(58)37-40-63-44-43-62-39-36-49(55)56/h47H,3-46H2,1-2H3,(H,53,54)(H,55,56)(H,60,61)/p-1. The summed E-state index contributed by atoms with van der Waals surface area (Å²) in [7, 11) is -4.90. The van der Waals surface area contributed by atoms with E-state index in [-0.39, 0.29) is 78.3 Å². The highest BCUT2D eigenvalue weighted by atomic mass is 31.2. The molecular formula is C52H97NO15P-. The van der Waals surface area contributed by atoms with Gasteiger partial charge in [-0.1, -0.05) is 194 Å². The fraction of sp³-hybridized carbons (Fsp3) is 0.904. The average Bonchev–Trinajstić information content (AvgIpc) is 3.32. The van der Waals surface area contributed by atoms with Crippen LogP contribution < -0.4 is 10.2 Å². The second-order valence-electron chi connectivity index (χ2n) is 18.2. The maximum absolute atomic E-state index is 12.8. The predicted octanol–water partition coefficient (Wildman–Crippen LogP) is 11.4. The molecule has 2 atom stereocenters. The molecule has 0 aliphatic rings. The highest BCUT2D eigenvalue weighted by Crippen LogP contribution is 2.38. The molecule has 406 valence electrons. The lowest BCUT2D eigenvalue weighted by Crippen LogP contribution is -2.31. The molecule has 16 nitrogen and oxygen atoms in total. The van der Waals surface area contributed by atoms with E-state index in [1.54, 1.807) is 0 Å². The maximum Gasteiger partial charge on any atom is 0.308 e. The first-order valence-corrected chi connectivity index (χ1v) is 28.7. The van der Waals surface area contributed by atoms with Gasteiger partial charge in [0, 0.05) is 19.4 Å². The van der Waals surface area contributed by atoms with E-state index in [1.807, 2.05) is 0 Å². The van der Waals surface area contributed by atoms with Gasteiger partial charge in [-0.2, -0.15) is 0 Å². The number of hydrogen-bond acceptors (Lipinski definition) is 14. The minimum absolute atomic E-state index is 0.0506. The van der Waals surface area contributed by atoms with Crippen molar-refractivity contribution >= 4 is 37.6 Å². The molecular weight excluding hydrogens is 910 g/mol. The number of phosphoric acid groups is 1. The van der Waals surface area contributed by atoms with Gasteiger partial charge in [0.1, 0.15) is 13.2 Å². The molecule has 0 aromatic carbocycles. The summed E-state index contributed by atoms with van der Waals surface area (Å²) < 4.78 is 48.7. The summed E-state index contributed by atoms with van der Waals surface area (Å²) in [6, 6.07) is 0. The van der Waals surface area contributed by atoms with Gasteiger partial charge in [-0.25, -0.2) is 0 Å². The minimum atomic E-state index is -4.90. The number of amides is 1. The number of phosphoric ester groups is 1. The zero-order chi connectivity index (χ0) is 50.7. The molecule has 0 aliphatic carbocycles. The Kier molecular flexibility index (Phi) is 48.4. The highest BCUT2D eigenvalue weighted by Gasteiger charge is 2.21. The second-order valence-corrected chi connectivity index (χ2v) is 19.6. The molecule has 0 heterocycles. The summed E-state index contributed by atoms with van der Waals surface area (Å²) in [6.07, 6.45) is 35.0. The Morgan fingerprint density at radius 1 is 0.449 bits per heavy atom. The van der Waals surface area contributed by atoms with Crippen molar-refractivity contribution in [1.29, 1.82) is 0 Å². The maximum atomic E-state index is 12.8. The van der Waals surface area contributed by atoms with Crippen LogP contribution in [-0.2, 0) is 61.3 Å². The van der Waals surface area contributed by atoms with Crippen molar-refractivity contribution in [1.82, 2.24) is 5.32 Å². The van der Waals surface area contributed by atoms with Crippen LogP contribution in [0, 0.1) is 0 Å². The summed E-state index contributed by atoms with van der Waals surface area (Å²) >= 11 is 0. The third-order valence-electron chi connectivity index (χ3n) is 11.7. The van der Waals surface area contributed by atoms with Gasteiger partial charge in [0.2, 0.25) is 5.91 Å². The number of carbonyl (C=O) groups excluding carboxylic acids is 4. The fourth-order valence-electron chi connectivity index (χ4n) is 7.52. The van der Waals surface area contributed by atoms with Crippen LogP contribution in [0.2, 0.25) is 0 Å². The van der Waals surface area contributed by atoms with Gasteiger partial charge in [-0.15, -0.1) is 0 Å². The molecule has 0 bridgehead atoms. The molecule has 2 N–H and O–H groups in total. The number of esters is 3. The van der Waals surface area contributed by atoms with Gasteiger partial charge in [0.25, 0.3) is 7.82 Å². The van der Waals surface area contributed by atoms with E-state index in [2.05, 4.69) is 19.2 Å². The normalized spacial score (nSPS) is 12.6. The fourth-order valence-corrected chi connectivity index (χ4v) is 8.25. The molecule has 0 spiro atoms. The van der Waals surface area contributed by atoms with E-state index in [4.69, 9.17) is 37.8 Å². The van der Waals surface area contributed by atoms with Gasteiger partial charge in [-0.05, 0) is 12.8 Å². The number of unbranched alkanes of at least 4 members (excludes halogenated alkanes) is 28. The Labute approximate surface area is 417 Å². The van der Waals surface area contributed by atoms with E-state index >= 15 is 0 Å². The van der Waals surface area contributed by atoms with Crippen LogP contribution in [0.15, 0.2) is 0 Å². The highest BCUT2D eigenvalue weighted by molar-refractivity contribution is 7.45. The Balaban J connectivity index is 4.54. The average molecular weight is 1010 g/mol. The molecule has 0 aliphatic heterocycles. The van der Waals surface area contributed by atoms with Crippen molar-refractivity contribution in [3.8, 4) is 0 Å². The van der Waals surface area contributed by atoms with Crippen LogP contribution >= 0.6 is 7.82 Å². The van der Waals surface area contributed by atoms with E-state index in [0.717, 1.165) is 38.5 Å². The smallest absolute Gasteiger partial charge is 0.308 e. The SMILES string of the molecule is CCCCCCCCCCCCCCCCCC(=O)OCC(COP(=O)([O-])OCCNC(=O)CCOC(=O)CCOCCOCCC(=O)O)OC(=O)CCCCCCCCCCCCCCCCC. The number of carbonyl (C=O) groups is 5. The molecule has 0 saturated heterocycles. The lowest BCUT2D eigenvalue weighted by Gasteiger charge is -2.25. The number of carboxylic acids is 1. The first-order valence-electron chi connectivity index (χ1n) is 27.2. The van der Waals surface area contributed by atoms with Gasteiger partial charge >= 0.3 is 23.9 Å². The topological polar surface area (TPSA) is 222 Å². The van der Waals surface area contributed by atoms with Crippen molar-refractivity contribution in [2.24, 2.45) is 0 Å². The van der Waals surface area contributed by atoms with Crippen LogP contribution in [0.3, 0.4) is 0 Å². The van der Waals surface area contributed by atoms with Crippen molar-refractivity contribution in [2.45, 2.75) is 245 Å². The number of ether oxygens (including phenoxy) is 5. The van der Waals surface area contributed by atoms with Gasteiger partial charge in [-0.3, -0.25) is 28.5 Å². The molecule has 69 heavy (non-hydrogen) atoms. The van der Waals surface area contributed by atoms with Crippen LogP contribution in [0.4, 0.5) is 0 Å². The lowest BCUT2D eigenvalue weighted by molar-refractivity contribution is -0.228. The Hall–Kier alpha value is -2.62. The van der Waals surface area contributed by atoms with Gasteiger partial charge < -0.3 is 48.0 Å². The molecule has 2 unspecified atom stereocenters. The number of aliphatic carboxylic acids is 1. The summed E-state index contributed by atoms with van der Waals surface area (Å²) in [5, 5.41) is 11.0. The van der Waals surface area contributed by atoms with Gasteiger partial charge in [0.05, 0.1) is 58.9 Å². The quantitative estimate of drug-likeness (QED) is 0.0250. The molecule has 0 radical (unpaired) electrons. The third kappa shape index (κ3) is 51.5. The molecule has 0 fully saturated rings. The molecule has 0 aromatic rings. The van der Waals surface area contributed by atoms with Crippen LogP contribution in [-0.4, -0.2) is 100 Å². The molecule has 17 heteroatoms. The zero-order valence-electron chi connectivity index (χ0n) is 43.3. The Bertz CT molecular complexity index is 1290. The Morgan fingerprint density at radius 3 is 1.30 bits per heavy atom. The number of rotatable bonds is 54. The number of hydrogen-bond donors (Lipinski definition) is 2. The number of nitrogens with one attached hydrogen (secondary N) is 1. The predicted molar refractivity (Wildman–Crippen MR) is 267 cm³/mol. The van der Waals surface area contributed by atoms with Crippen molar-refractivity contribution < 1.29 is 71.3 Å². The largest absolute Gasteiger partial charge is 0.756 e. The summed E-state index contributed by atoms with van der Waals surface area (Å²) in [5.74, 6) is -3.03. The lowest BCUT2D eigenvalue weighted by atomic mass is 10.0. The number of carboxylic acid groups (broad SMARTS) is 1. The molecule has 1 amide bonds. The van der Waals surface area contributed by atoms with Crippen LogP contribution in [0.5, 0.6) is 0 Å². The van der Waals surface area contributed by atoms with E-state index in [0.29, 0.717) is 12.8 Å². The summed E-state index contributed by atoms with van der Waals surface area (Å²) in [5.41, 5.74) is 0. The monoisotopic (exact) mass is 1010 g/mol. The van der Waals surface area contributed by atoms with E-state index in [9.17, 15) is 33.4 Å². The second kappa shape index (κ2) is 50.3. The van der Waals surface area contributed by atoms with Crippen molar-refractivity contribution in [3.05, 3.63) is 0 Å². The van der Waals surface area contributed by atoms with Crippen molar-refractivity contribution in [3.63, 3.8) is 0 Å². The molecule has 0 saturated carbocycles. The third-order valence-corrected chi connectivity index (χ3v) is 12.6. The first-order chi connectivity index (χ1) is 33.5. The Morgan fingerprint density at radius 2 is 0.855 bits per heavy atom. The summed E-state index contributed by atoms with van der Waals surface area (Å²) in [4.78, 5) is 72.4. The minimum Gasteiger partial charge on any atom is -0.756 e. The van der Waals surface area contributed by atoms with E-state index < -0.39 is 56.9 Å². The molecule has 0 rings (SSSR count). The van der Waals surface area contributed by atoms with Crippen molar-refractivity contribution in [2.75, 3.05) is 59.4 Å². The van der Waals surface area contributed by atoms with Crippen LogP contribution in [0.25, 0.3) is 0 Å². The van der Waals surface area contributed by atoms with E-state index in [1.165, 1.54) is 141 Å². The summed E-state index contributed by atoms with van der Waals surface area (Å²) in [6.45, 7) is 3.20. The van der Waals surface area contributed by atoms with Crippen LogP contribution in [0.1, 0.15) is 239 Å². The first kappa shape index (κ1) is 66.4. The zero-order valence-corrected chi connectivity index (χ0v) is 44.2. The van der Waals surface area contributed by atoms with Gasteiger partial charge in [0.15, 0.2) is 6.10 Å².